The van der Waals surface area contributed by atoms with E-state index in [4.69, 9.17) is 14.2 Å². The molecule has 0 aromatic carbocycles. The van der Waals surface area contributed by atoms with Crippen LogP contribution in [0, 0.1) is 5.92 Å². The Hall–Kier alpha value is -3.35. The molecule has 2 aromatic rings. The molecule has 1 aliphatic rings. The Morgan fingerprint density at radius 2 is 2.03 bits per heavy atom. The summed E-state index contributed by atoms with van der Waals surface area (Å²) in [7, 11) is 0. The van der Waals surface area contributed by atoms with Gasteiger partial charge in [-0.25, -0.2) is 0 Å². The molecule has 13 nitrogen and oxygen atoms in total. The molecule has 13 heteroatoms. The van der Waals surface area contributed by atoms with Crippen LogP contribution in [0.25, 0.3) is 11.2 Å². The number of rotatable bonds is 6. The number of aromatic nitrogens is 5. The smallest absolute Gasteiger partial charge is 0.303 e. The summed E-state index contributed by atoms with van der Waals surface area (Å²) in [5, 5.41) is 10.3. The lowest BCUT2D eigenvalue weighted by atomic mass is 10.2. The van der Waals surface area contributed by atoms with Crippen molar-refractivity contribution in [3.63, 3.8) is 0 Å². The first kappa shape index (κ1) is 21.4. The maximum Gasteiger partial charge on any atom is 0.303 e. The van der Waals surface area contributed by atoms with Crippen LogP contribution in [0.4, 0.5) is 5.95 Å². The number of nitrogens with zero attached hydrogens (tertiary/aromatic N) is 4. The Bertz CT molecular complexity index is 1030. The lowest BCUT2D eigenvalue weighted by molar-refractivity contribution is -0.153. The van der Waals surface area contributed by atoms with Gasteiger partial charge in [0, 0.05) is 26.2 Å². The number of hydrogen-bond donors (Lipinski definition) is 2. The quantitative estimate of drug-likeness (QED) is 0.599. The molecule has 2 aromatic heterocycles. The molecule has 2 N–H and O–H groups in total. The average Bonchev–Trinajstić information content (AvgIpc) is 3.23. The summed E-state index contributed by atoms with van der Waals surface area (Å²) in [6.07, 6.45) is -2.06. The third-order valence-corrected chi connectivity index (χ3v) is 4.28. The van der Waals surface area contributed by atoms with Crippen LogP contribution in [0.3, 0.4) is 0 Å². The van der Waals surface area contributed by atoms with Crippen molar-refractivity contribution in [2.75, 3.05) is 11.9 Å². The number of esters is 2. The van der Waals surface area contributed by atoms with Crippen LogP contribution in [0.2, 0.25) is 0 Å². The predicted octanol–water partition coefficient (Wildman–Crippen LogP) is -0.109. The summed E-state index contributed by atoms with van der Waals surface area (Å²) in [5.41, 5.74) is -0.650. The minimum Gasteiger partial charge on any atom is -0.463 e. The van der Waals surface area contributed by atoms with Gasteiger partial charge < -0.3 is 14.2 Å². The van der Waals surface area contributed by atoms with Gasteiger partial charge in [-0.05, 0) is 0 Å². The van der Waals surface area contributed by atoms with Crippen molar-refractivity contribution < 1.29 is 28.6 Å². The van der Waals surface area contributed by atoms with Gasteiger partial charge >= 0.3 is 11.9 Å². The van der Waals surface area contributed by atoms with E-state index >= 15 is 0 Å². The van der Waals surface area contributed by atoms with Gasteiger partial charge in [0.05, 0.1) is 6.10 Å². The number of carbonyl (C=O) groups excluding carboxylic acids is 3. The Morgan fingerprint density at radius 1 is 1.30 bits per heavy atom. The van der Waals surface area contributed by atoms with E-state index in [1.54, 1.807) is 13.8 Å². The van der Waals surface area contributed by atoms with E-state index in [2.05, 4.69) is 25.6 Å². The number of ether oxygens (including phenoxy) is 3. The second-order valence-corrected chi connectivity index (χ2v) is 7.10. The van der Waals surface area contributed by atoms with Gasteiger partial charge in [-0.3, -0.25) is 29.5 Å². The molecule has 0 saturated carbocycles. The molecule has 1 fully saturated rings. The van der Waals surface area contributed by atoms with Crippen molar-refractivity contribution >= 4 is 35.0 Å². The van der Waals surface area contributed by atoms with Gasteiger partial charge in [-0.1, -0.05) is 19.1 Å². The van der Waals surface area contributed by atoms with E-state index in [0.29, 0.717) is 0 Å². The highest BCUT2D eigenvalue weighted by atomic mass is 16.6. The van der Waals surface area contributed by atoms with Crippen LogP contribution in [0.15, 0.2) is 4.79 Å². The number of fused-ring (bicyclic) bond motifs is 1. The molecule has 3 atom stereocenters. The molecule has 162 valence electrons. The van der Waals surface area contributed by atoms with Crippen LogP contribution < -0.4 is 10.9 Å². The number of carbonyl (C=O) groups is 3. The molecule has 1 amide bonds. The van der Waals surface area contributed by atoms with Gasteiger partial charge in [-0.2, -0.15) is 9.67 Å². The summed E-state index contributed by atoms with van der Waals surface area (Å²) in [6.45, 7) is 5.86. The summed E-state index contributed by atoms with van der Waals surface area (Å²) >= 11 is 0. The third-order valence-electron chi connectivity index (χ3n) is 4.28. The molecule has 30 heavy (non-hydrogen) atoms. The van der Waals surface area contributed by atoms with Crippen LogP contribution in [-0.4, -0.2) is 61.6 Å². The van der Waals surface area contributed by atoms with E-state index in [1.807, 2.05) is 0 Å². The van der Waals surface area contributed by atoms with E-state index < -0.39 is 35.9 Å². The summed E-state index contributed by atoms with van der Waals surface area (Å²) in [5.74, 6) is -1.76. The van der Waals surface area contributed by atoms with Crippen molar-refractivity contribution in [3.8, 4) is 0 Å². The minimum absolute atomic E-state index is 0.0353. The molecule has 0 aliphatic carbocycles. The number of hydrogen-bond acceptors (Lipinski definition) is 10. The van der Waals surface area contributed by atoms with Gasteiger partial charge in [0.1, 0.15) is 6.61 Å². The number of aromatic amines is 1. The molecule has 1 aliphatic heterocycles. The summed E-state index contributed by atoms with van der Waals surface area (Å²) in [6, 6.07) is 0. The zero-order valence-electron chi connectivity index (χ0n) is 16.9. The Morgan fingerprint density at radius 3 is 2.67 bits per heavy atom. The highest BCUT2D eigenvalue weighted by Gasteiger charge is 2.41. The van der Waals surface area contributed by atoms with Gasteiger partial charge in [0.25, 0.3) is 5.56 Å². The molecular formula is C17H22N6O7. The normalized spacial score (nSPS) is 21.0. The Balaban J connectivity index is 1.95. The van der Waals surface area contributed by atoms with Crippen LogP contribution in [0.5, 0.6) is 0 Å². The van der Waals surface area contributed by atoms with Crippen LogP contribution in [-0.2, 0) is 28.6 Å². The topological polar surface area (TPSA) is 167 Å². The molecule has 0 spiro atoms. The summed E-state index contributed by atoms with van der Waals surface area (Å²) in [4.78, 5) is 53.5. The highest BCUT2D eigenvalue weighted by Crippen LogP contribution is 2.32. The van der Waals surface area contributed by atoms with Crippen molar-refractivity contribution in [3.05, 3.63) is 10.4 Å². The average molecular weight is 422 g/mol. The number of anilines is 1. The van der Waals surface area contributed by atoms with Crippen molar-refractivity contribution in [1.82, 2.24) is 25.0 Å². The first-order valence-electron chi connectivity index (χ1n) is 9.27. The second-order valence-electron chi connectivity index (χ2n) is 7.10. The fourth-order valence-electron chi connectivity index (χ4n) is 2.90. The Kier molecular flexibility index (Phi) is 6.10. The van der Waals surface area contributed by atoms with E-state index in [1.165, 1.54) is 18.5 Å². The molecule has 3 heterocycles. The van der Waals surface area contributed by atoms with Gasteiger partial charge in [0.15, 0.2) is 23.5 Å². The first-order chi connectivity index (χ1) is 14.2. The number of nitrogens with one attached hydrogen (secondary N) is 2. The lowest BCUT2D eigenvalue weighted by Gasteiger charge is -2.18. The van der Waals surface area contributed by atoms with E-state index in [9.17, 15) is 19.2 Å². The zero-order valence-corrected chi connectivity index (χ0v) is 16.9. The highest BCUT2D eigenvalue weighted by molar-refractivity contribution is 5.90. The molecule has 1 saturated heterocycles. The maximum atomic E-state index is 12.3. The fraction of sp³-hybridized carbons (Fsp3) is 0.588. The molecule has 3 rings (SSSR count). The monoisotopic (exact) mass is 422 g/mol. The molecule has 0 radical (unpaired) electrons. The number of H-pyrrole nitrogens is 1. The van der Waals surface area contributed by atoms with E-state index in [-0.39, 0.29) is 42.0 Å². The molecular weight excluding hydrogens is 400 g/mol. The van der Waals surface area contributed by atoms with E-state index in [0.717, 1.165) is 0 Å². The second kappa shape index (κ2) is 8.57. The SMILES string of the molecule is CC(=O)OC[C@@H]1C[C@@H](OC(C)=O)[C@H](n2nnc3c(=O)[nH]c(NC(=O)C(C)C)nc32)O1. The maximum absolute atomic E-state index is 12.3. The fourth-order valence-corrected chi connectivity index (χ4v) is 2.90. The first-order valence-corrected chi connectivity index (χ1v) is 9.27. The van der Waals surface area contributed by atoms with Crippen molar-refractivity contribution in [1.29, 1.82) is 0 Å². The van der Waals surface area contributed by atoms with Gasteiger partial charge in [-0.15, -0.1) is 5.10 Å². The molecule has 0 unspecified atom stereocenters. The number of amides is 1. The van der Waals surface area contributed by atoms with Crippen LogP contribution >= 0.6 is 0 Å². The largest absolute Gasteiger partial charge is 0.463 e. The van der Waals surface area contributed by atoms with Crippen molar-refractivity contribution in [2.24, 2.45) is 5.92 Å². The van der Waals surface area contributed by atoms with Crippen molar-refractivity contribution in [2.45, 2.75) is 52.6 Å². The minimum atomic E-state index is -0.956. The predicted molar refractivity (Wildman–Crippen MR) is 100 cm³/mol. The third kappa shape index (κ3) is 4.62. The standard InChI is InChI=1S/C17H22N6O7/c1-7(2)14(26)19-17-18-13-12(15(27)20-17)21-22-23(13)16-11(29-9(4)25)5-10(30-16)6-28-8(3)24/h7,10-11,16H,5-6H2,1-4H3,(H2,18,19,20,26,27)/t10-,11+,16+/m0/s1. The Labute approximate surface area is 170 Å². The van der Waals surface area contributed by atoms with Gasteiger partial charge in [0.2, 0.25) is 11.9 Å². The summed E-state index contributed by atoms with van der Waals surface area (Å²) < 4.78 is 17.3. The van der Waals surface area contributed by atoms with Crippen LogP contribution in [0.1, 0.15) is 40.3 Å². The lowest BCUT2D eigenvalue weighted by Crippen LogP contribution is -2.26. The molecule has 0 bridgehead atoms. The zero-order chi connectivity index (χ0) is 22.0.